The number of alkyl halides is 2. The zero-order valence-corrected chi connectivity index (χ0v) is 13.4. The van der Waals surface area contributed by atoms with E-state index in [1.807, 2.05) is 0 Å². The summed E-state index contributed by atoms with van der Waals surface area (Å²) in [4.78, 5) is 0.0714. The standard InChI is InChI=1S/C13H16BrF2NO2S/c1-8-11(14)3-2-10(12(8)20(17,18)19)9-4-6-13(15,16)7-5-9/h2-3,9H,4-7H2,1H3,(H2,17,18,19). The quantitative estimate of drug-likeness (QED) is 0.865. The largest absolute Gasteiger partial charge is 0.248 e. The Bertz CT molecular complexity index is 622. The average Bonchev–Trinajstić information content (AvgIpc) is 2.31. The number of hydrogen-bond donors (Lipinski definition) is 1. The highest BCUT2D eigenvalue weighted by Gasteiger charge is 2.37. The van der Waals surface area contributed by atoms with Crippen LogP contribution in [0.15, 0.2) is 21.5 Å². The third-order valence-corrected chi connectivity index (χ3v) is 5.78. The molecule has 0 saturated heterocycles. The molecule has 1 aliphatic rings. The summed E-state index contributed by atoms with van der Waals surface area (Å²) in [5, 5.41) is 5.29. The molecule has 7 heteroatoms. The maximum atomic E-state index is 13.2. The van der Waals surface area contributed by atoms with Gasteiger partial charge in [0.15, 0.2) is 0 Å². The van der Waals surface area contributed by atoms with Crippen LogP contribution in [0.1, 0.15) is 42.7 Å². The van der Waals surface area contributed by atoms with Gasteiger partial charge in [0.1, 0.15) is 0 Å². The lowest BCUT2D eigenvalue weighted by molar-refractivity contribution is -0.0383. The summed E-state index contributed by atoms with van der Waals surface area (Å²) in [5.41, 5.74) is 1.09. The summed E-state index contributed by atoms with van der Waals surface area (Å²) in [6.07, 6.45) is 0.126. The Morgan fingerprint density at radius 1 is 1.30 bits per heavy atom. The van der Waals surface area contributed by atoms with Crippen molar-refractivity contribution in [1.82, 2.24) is 0 Å². The van der Waals surface area contributed by atoms with Gasteiger partial charge < -0.3 is 0 Å². The summed E-state index contributed by atoms with van der Waals surface area (Å²) in [5.74, 6) is -2.82. The lowest BCUT2D eigenvalue weighted by Gasteiger charge is -2.29. The van der Waals surface area contributed by atoms with Crippen LogP contribution in [0.3, 0.4) is 0 Å². The fourth-order valence-corrected chi connectivity index (χ4v) is 4.30. The van der Waals surface area contributed by atoms with Crippen LogP contribution >= 0.6 is 15.9 Å². The van der Waals surface area contributed by atoms with Crippen molar-refractivity contribution in [2.24, 2.45) is 5.14 Å². The highest BCUT2D eigenvalue weighted by atomic mass is 79.9. The molecule has 1 aromatic carbocycles. The Hall–Kier alpha value is -0.530. The van der Waals surface area contributed by atoms with Crippen LogP contribution in [-0.2, 0) is 10.0 Å². The van der Waals surface area contributed by atoms with Gasteiger partial charge in [-0.25, -0.2) is 22.3 Å². The second-order valence-corrected chi connectivity index (χ2v) is 7.62. The van der Waals surface area contributed by atoms with E-state index in [1.165, 1.54) is 0 Å². The molecule has 0 radical (unpaired) electrons. The van der Waals surface area contributed by atoms with Crippen molar-refractivity contribution in [2.75, 3.05) is 0 Å². The molecule has 0 atom stereocenters. The van der Waals surface area contributed by atoms with E-state index in [0.717, 1.165) is 0 Å². The first-order chi connectivity index (χ1) is 9.12. The van der Waals surface area contributed by atoms with Crippen molar-refractivity contribution >= 4 is 26.0 Å². The molecule has 1 aliphatic carbocycles. The molecule has 1 aromatic rings. The van der Waals surface area contributed by atoms with E-state index in [2.05, 4.69) is 15.9 Å². The van der Waals surface area contributed by atoms with Crippen LogP contribution in [0.2, 0.25) is 0 Å². The van der Waals surface area contributed by atoms with E-state index in [4.69, 9.17) is 5.14 Å². The van der Waals surface area contributed by atoms with Crippen LogP contribution < -0.4 is 5.14 Å². The number of nitrogens with two attached hydrogens (primary N) is 1. The number of rotatable bonds is 2. The van der Waals surface area contributed by atoms with Gasteiger partial charge in [0.25, 0.3) is 0 Å². The van der Waals surface area contributed by atoms with E-state index in [-0.39, 0.29) is 36.5 Å². The first-order valence-electron chi connectivity index (χ1n) is 6.31. The van der Waals surface area contributed by atoms with Crippen molar-refractivity contribution < 1.29 is 17.2 Å². The molecule has 1 saturated carbocycles. The van der Waals surface area contributed by atoms with Crippen LogP contribution in [0, 0.1) is 6.92 Å². The molecule has 0 amide bonds. The first-order valence-corrected chi connectivity index (χ1v) is 8.65. The third kappa shape index (κ3) is 3.20. The number of primary sulfonamides is 1. The molecule has 0 spiro atoms. The highest BCUT2D eigenvalue weighted by Crippen LogP contribution is 2.43. The molecule has 0 aliphatic heterocycles. The Kier molecular flexibility index (Phi) is 4.24. The van der Waals surface area contributed by atoms with Crippen molar-refractivity contribution in [3.8, 4) is 0 Å². The average molecular weight is 368 g/mol. The molecule has 3 nitrogen and oxygen atoms in total. The number of benzene rings is 1. The van der Waals surface area contributed by atoms with Crippen molar-refractivity contribution in [1.29, 1.82) is 0 Å². The second-order valence-electron chi connectivity index (χ2n) is 5.27. The Morgan fingerprint density at radius 3 is 2.35 bits per heavy atom. The van der Waals surface area contributed by atoms with Gasteiger partial charge in [-0.1, -0.05) is 22.0 Å². The topological polar surface area (TPSA) is 60.2 Å². The van der Waals surface area contributed by atoms with Crippen LogP contribution in [0.5, 0.6) is 0 Å². The molecule has 2 N–H and O–H groups in total. The van der Waals surface area contributed by atoms with Gasteiger partial charge in [-0.2, -0.15) is 0 Å². The predicted molar refractivity (Wildman–Crippen MR) is 76.4 cm³/mol. The van der Waals surface area contributed by atoms with Crippen LogP contribution in [-0.4, -0.2) is 14.3 Å². The highest BCUT2D eigenvalue weighted by molar-refractivity contribution is 9.10. The number of hydrogen-bond acceptors (Lipinski definition) is 2. The minimum Gasteiger partial charge on any atom is -0.225 e. The monoisotopic (exact) mass is 367 g/mol. The maximum Gasteiger partial charge on any atom is 0.248 e. The van der Waals surface area contributed by atoms with Gasteiger partial charge >= 0.3 is 0 Å². The Labute approximate surface area is 125 Å². The van der Waals surface area contributed by atoms with Gasteiger partial charge in [-0.3, -0.25) is 0 Å². The molecular weight excluding hydrogens is 352 g/mol. The summed E-state index contributed by atoms with van der Waals surface area (Å²) >= 11 is 3.27. The minimum absolute atomic E-state index is 0.0714. The van der Waals surface area contributed by atoms with E-state index >= 15 is 0 Å². The van der Waals surface area contributed by atoms with Crippen molar-refractivity contribution in [2.45, 2.75) is 49.3 Å². The Balaban J connectivity index is 2.46. The molecule has 112 valence electrons. The lowest BCUT2D eigenvalue weighted by atomic mass is 9.82. The van der Waals surface area contributed by atoms with E-state index < -0.39 is 15.9 Å². The molecule has 1 fully saturated rings. The first kappa shape index (κ1) is 15.9. The van der Waals surface area contributed by atoms with Crippen LogP contribution in [0.25, 0.3) is 0 Å². The predicted octanol–water partition coefficient (Wildman–Crippen LogP) is 3.70. The maximum absolute atomic E-state index is 13.2. The van der Waals surface area contributed by atoms with Crippen molar-refractivity contribution in [3.05, 3.63) is 27.7 Å². The van der Waals surface area contributed by atoms with E-state index in [0.29, 0.717) is 15.6 Å². The van der Waals surface area contributed by atoms with Gasteiger partial charge in [0.2, 0.25) is 15.9 Å². The summed E-state index contributed by atoms with van der Waals surface area (Å²) in [6, 6.07) is 3.41. The minimum atomic E-state index is -3.88. The molecule has 20 heavy (non-hydrogen) atoms. The third-order valence-electron chi connectivity index (χ3n) is 3.81. The zero-order valence-electron chi connectivity index (χ0n) is 11.0. The van der Waals surface area contributed by atoms with Gasteiger partial charge in [0.05, 0.1) is 4.90 Å². The van der Waals surface area contributed by atoms with E-state index in [9.17, 15) is 17.2 Å². The molecule has 0 heterocycles. The van der Waals surface area contributed by atoms with E-state index in [1.54, 1.807) is 19.1 Å². The fourth-order valence-electron chi connectivity index (χ4n) is 2.74. The lowest BCUT2D eigenvalue weighted by Crippen LogP contribution is -2.25. The molecule has 2 rings (SSSR count). The molecule has 0 unspecified atom stereocenters. The molecule has 0 bridgehead atoms. The summed E-state index contributed by atoms with van der Waals surface area (Å²) in [6.45, 7) is 1.66. The fraction of sp³-hybridized carbons (Fsp3) is 0.538. The number of halogens is 3. The smallest absolute Gasteiger partial charge is 0.225 e. The summed E-state index contributed by atoms with van der Waals surface area (Å²) < 4.78 is 50.7. The normalized spacial score (nSPS) is 20.1. The SMILES string of the molecule is Cc1c(Br)ccc(C2CCC(F)(F)CC2)c1S(N)(=O)=O. The zero-order chi connectivity index (χ0) is 15.1. The van der Waals surface area contributed by atoms with Gasteiger partial charge in [-0.05, 0) is 42.9 Å². The molecule has 0 aromatic heterocycles. The van der Waals surface area contributed by atoms with Crippen molar-refractivity contribution in [3.63, 3.8) is 0 Å². The summed E-state index contributed by atoms with van der Waals surface area (Å²) in [7, 11) is -3.88. The molecular formula is C13H16BrF2NO2S. The number of sulfonamides is 1. The Morgan fingerprint density at radius 2 is 1.85 bits per heavy atom. The van der Waals surface area contributed by atoms with Gasteiger partial charge in [-0.15, -0.1) is 0 Å². The van der Waals surface area contributed by atoms with Gasteiger partial charge in [0, 0.05) is 17.3 Å². The van der Waals surface area contributed by atoms with Crippen LogP contribution in [0.4, 0.5) is 8.78 Å². The second kappa shape index (κ2) is 5.35.